The number of aromatic nitrogens is 3. The molecule has 6 aromatic rings. The lowest BCUT2D eigenvalue weighted by atomic mass is 9.63. The van der Waals surface area contributed by atoms with Crippen LogP contribution in [0, 0.1) is 0 Å². The molecule has 3 fully saturated rings. The predicted molar refractivity (Wildman–Crippen MR) is 403 cm³/mol. The number of esters is 2. The molecule has 3 aliphatic heterocycles. The molecule has 0 saturated carbocycles. The highest BCUT2D eigenvalue weighted by molar-refractivity contribution is 9.09. The smallest absolute Gasteiger partial charge is 0.319 e. The summed E-state index contributed by atoms with van der Waals surface area (Å²) >= 11 is 2.90. The Bertz CT molecular complexity index is 3650. The zero-order valence-corrected chi connectivity index (χ0v) is 62.9. The van der Waals surface area contributed by atoms with Crippen molar-refractivity contribution in [1.82, 2.24) is 25.6 Å². The molecule has 3 aliphatic carbocycles. The number of fused-ring (bicyclic) bond motifs is 3. The molecule has 3 aromatic carbocycles. The number of methoxy groups -OCH3 is 2. The van der Waals surface area contributed by atoms with Crippen LogP contribution in [0.15, 0.2) is 109 Å². The standard InChI is InChI=1S/C27H37N3O2.C26H35N3O2.C24H33N3.C3H5BrO2.ClH/c1-26(2)13-14-27(3,4)22-17-19(9-10-21(22)26)23-7-6-8-24(29-23)30-15-11-20(12-16-30)28-18-25(31)32-5;1-25(2)12-13-26(3,4)21-16-18(8-9-20(21)25)22-6-5-7-23(28-22)29-14-10-19(11-15-29)27-17-24(30)31;1-23(2)12-13-24(3,4)20-16-17(8-9-19(20)23)21-6-5-7-22(26-21)27-14-10-18(25)11-15-27;1-6-3(5)2-4;/h6-10,17,20,28H,11-16,18H2,1-5H3;5-9,16,19,27H,10-15,17H2,1-4H3,(H,30,31);5-9,16,18H,10-15,25H2,1-4H3;2H2,1H3;1H. The lowest BCUT2D eigenvalue weighted by Crippen LogP contribution is -2.44. The van der Waals surface area contributed by atoms with Crippen LogP contribution in [0.1, 0.15) is 194 Å². The van der Waals surface area contributed by atoms with Gasteiger partial charge in [0.15, 0.2) is 0 Å². The van der Waals surface area contributed by atoms with Crippen molar-refractivity contribution in [3.05, 3.63) is 143 Å². The van der Waals surface area contributed by atoms with E-state index in [1.807, 2.05) is 0 Å². The minimum atomic E-state index is -0.798. The van der Waals surface area contributed by atoms with E-state index in [0.29, 0.717) is 12.1 Å². The topological polar surface area (TPSA) is 188 Å². The molecule has 526 valence electrons. The maximum Gasteiger partial charge on any atom is 0.319 e. The first kappa shape index (κ1) is 76.3. The van der Waals surface area contributed by atoms with Crippen LogP contribution in [-0.2, 0) is 56.3 Å². The Hall–Kier alpha value is -6.43. The minimum absolute atomic E-state index is 0. The van der Waals surface area contributed by atoms with E-state index in [9.17, 15) is 14.4 Å². The van der Waals surface area contributed by atoms with E-state index < -0.39 is 5.97 Å². The molecule has 3 saturated heterocycles. The fraction of sp³-hybridized carbons (Fsp3) is 0.550. The first-order valence-electron chi connectivity index (χ1n) is 35.2. The van der Waals surface area contributed by atoms with E-state index >= 15 is 0 Å². The van der Waals surface area contributed by atoms with Gasteiger partial charge in [0.25, 0.3) is 0 Å². The number of rotatable bonds is 13. The zero-order valence-electron chi connectivity index (χ0n) is 60.5. The summed E-state index contributed by atoms with van der Waals surface area (Å²) in [5.74, 6) is 1.87. The summed E-state index contributed by atoms with van der Waals surface area (Å²) in [5, 5.41) is 15.6. The Kier molecular flexibility index (Phi) is 25.4. The van der Waals surface area contributed by atoms with Crippen LogP contribution in [-0.4, -0.2) is 128 Å². The van der Waals surface area contributed by atoms with Crippen LogP contribution < -0.4 is 31.1 Å². The van der Waals surface area contributed by atoms with E-state index in [1.54, 1.807) is 0 Å². The Morgan fingerprint density at radius 2 is 0.742 bits per heavy atom. The van der Waals surface area contributed by atoms with Crippen molar-refractivity contribution in [3.63, 3.8) is 0 Å². The predicted octanol–water partition coefficient (Wildman–Crippen LogP) is 15.6. The number of anilines is 3. The van der Waals surface area contributed by atoms with Gasteiger partial charge in [-0.15, -0.1) is 12.4 Å². The van der Waals surface area contributed by atoms with Crippen molar-refractivity contribution in [2.45, 2.75) is 211 Å². The van der Waals surface area contributed by atoms with Crippen LogP contribution >= 0.6 is 28.3 Å². The third-order valence-corrected chi connectivity index (χ3v) is 22.2. The number of hydrogen-bond acceptors (Lipinski definition) is 14. The second-order valence-corrected chi connectivity index (χ2v) is 32.1. The van der Waals surface area contributed by atoms with E-state index in [2.05, 4.69) is 238 Å². The molecular formula is C80H111BrClN9O6. The summed E-state index contributed by atoms with van der Waals surface area (Å²) in [6.45, 7) is 34.4. The number of benzene rings is 3. The number of carboxylic acid groups (broad SMARTS) is 1. The monoisotopic (exact) mass is 1410 g/mol. The molecule has 17 heteroatoms. The number of alkyl halides is 1. The van der Waals surface area contributed by atoms with Gasteiger partial charge in [-0.3, -0.25) is 14.4 Å². The van der Waals surface area contributed by atoms with Crippen LogP contribution in [0.25, 0.3) is 33.8 Å². The number of carboxylic acids is 1. The molecule has 97 heavy (non-hydrogen) atoms. The Labute approximate surface area is 594 Å². The van der Waals surface area contributed by atoms with Gasteiger partial charge in [-0.05, 0) is 198 Å². The number of piperidine rings is 3. The minimum Gasteiger partial charge on any atom is -0.480 e. The van der Waals surface area contributed by atoms with Gasteiger partial charge in [0.2, 0.25) is 0 Å². The Morgan fingerprint density at radius 1 is 0.454 bits per heavy atom. The summed E-state index contributed by atoms with van der Waals surface area (Å²) < 4.78 is 8.94. The number of nitrogens with zero attached hydrogens (tertiary/aromatic N) is 6. The molecule has 0 spiro atoms. The molecule has 6 aliphatic rings. The summed E-state index contributed by atoms with van der Waals surface area (Å²) in [7, 11) is 2.78. The van der Waals surface area contributed by atoms with Gasteiger partial charge in [-0.25, -0.2) is 15.0 Å². The summed E-state index contributed by atoms with van der Waals surface area (Å²) in [4.78, 5) is 54.2. The number of carbonyl (C=O) groups is 3. The third-order valence-electron chi connectivity index (χ3n) is 21.8. The van der Waals surface area contributed by atoms with E-state index in [4.69, 9.17) is 30.5 Å². The first-order valence-corrected chi connectivity index (χ1v) is 36.3. The second kappa shape index (κ2) is 32.3. The number of aliphatic carboxylic acids is 1. The number of pyridine rings is 3. The van der Waals surface area contributed by atoms with E-state index in [-0.39, 0.29) is 81.3 Å². The lowest BCUT2D eigenvalue weighted by molar-refractivity contribution is -0.140. The number of carbonyl (C=O) groups excluding carboxylic acids is 2. The SMILES string of the molecule is CC1(C)CCC(C)(C)c2cc(-c3cccc(N4CCC(N)CC4)n3)ccc21.CC1(C)CCC(C)(C)c2cc(-c3cccc(N4CCC(NCC(=O)O)CC4)n3)ccc21.COC(=O)CBr.COC(=O)CNC1CCN(c2cccc(-c3ccc4c(c3)C(C)(C)CCC4(C)C)n2)CC1.Cl. The fourth-order valence-corrected chi connectivity index (χ4v) is 15.1. The van der Waals surface area contributed by atoms with Crippen molar-refractivity contribution in [3.8, 4) is 33.8 Å². The average molecular weight is 1410 g/mol. The van der Waals surface area contributed by atoms with E-state index in [0.717, 1.165) is 112 Å². The van der Waals surface area contributed by atoms with Crippen LogP contribution in [0.3, 0.4) is 0 Å². The lowest BCUT2D eigenvalue weighted by Gasteiger charge is -2.42. The normalized spacial score (nSPS) is 19.6. The summed E-state index contributed by atoms with van der Waals surface area (Å²) in [5.41, 5.74) is 23.0. The van der Waals surface area contributed by atoms with Gasteiger partial charge >= 0.3 is 17.9 Å². The number of ether oxygens (including phenoxy) is 2. The third kappa shape index (κ3) is 19.1. The van der Waals surface area contributed by atoms with Gasteiger partial charge in [0.1, 0.15) is 22.8 Å². The molecule has 0 radical (unpaired) electrons. The van der Waals surface area contributed by atoms with Crippen molar-refractivity contribution in [1.29, 1.82) is 0 Å². The molecule has 0 atom stereocenters. The van der Waals surface area contributed by atoms with Crippen LogP contribution in [0.5, 0.6) is 0 Å². The van der Waals surface area contributed by atoms with Crippen molar-refractivity contribution < 1.29 is 29.0 Å². The molecule has 3 aromatic heterocycles. The highest BCUT2D eigenvalue weighted by Gasteiger charge is 2.40. The molecule has 0 unspecified atom stereocenters. The van der Waals surface area contributed by atoms with Gasteiger partial charge < -0.3 is 45.6 Å². The van der Waals surface area contributed by atoms with Gasteiger partial charge in [0, 0.05) is 74.1 Å². The highest BCUT2D eigenvalue weighted by atomic mass is 79.9. The maximum absolute atomic E-state index is 11.4. The molecule has 15 nitrogen and oxygen atoms in total. The number of nitrogens with two attached hydrogens (primary N) is 1. The van der Waals surface area contributed by atoms with Crippen LogP contribution in [0.4, 0.5) is 17.5 Å². The number of nitrogens with one attached hydrogen (secondary N) is 2. The molecule has 6 heterocycles. The summed E-state index contributed by atoms with van der Waals surface area (Å²) in [6.07, 6.45) is 13.3. The molecule has 12 rings (SSSR count). The molecule has 0 amide bonds. The Morgan fingerprint density at radius 3 is 1.02 bits per heavy atom. The van der Waals surface area contributed by atoms with Crippen molar-refractivity contribution in [2.75, 3.05) is 86.6 Å². The largest absolute Gasteiger partial charge is 0.480 e. The quantitative estimate of drug-likeness (QED) is 0.0631. The second-order valence-electron chi connectivity index (χ2n) is 31.5. The summed E-state index contributed by atoms with van der Waals surface area (Å²) in [6, 6.07) is 40.9. The van der Waals surface area contributed by atoms with Gasteiger partial charge in [0.05, 0.1) is 44.4 Å². The van der Waals surface area contributed by atoms with E-state index in [1.165, 1.54) is 103 Å². The fourth-order valence-electron chi connectivity index (χ4n) is 14.9. The van der Waals surface area contributed by atoms with Crippen molar-refractivity contribution >= 4 is 63.7 Å². The maximum atomic E-state index is 11.4. The highest BCUT2D eigenvalue weighted by Crippen LogP contribution is 2.50. The molecule has 0 bridgehead atoms. The van der Waals surface area contributed by atoms with Gasteiger partial charge in [-0.1, -0.05) is 154 Å². The molecular weight excluding hydrogens is 1300 g/mol. The van der Waals surface area contributed by atoms with Crippen LogP contribution in [0.2, 0.25) is 0 Å². The van der Waals surface area contributed by atoms with Gasteiger partial charge in [-0.2, -0.15) is 0 Å². The molecule has 5 N–H and O–H groups in total. The average Bonchev–Trinajstić information content (AvgIpc) is 0.767. The number of hydrogen-bond donors (Lipinski definition) is 4. The van der Waals surface area contributed by atoms with Crippen molar-refractivity contribution in [2.24, 2.45) is 5.73 Å². The zero-order chi connectivity index (χ0) is 69.4. The number of halogens is 2. The Balaban J connectivity index is 0.000000178. The first-order chi connectivity index (χ1) is 45.4.